The van der Waals surface area contributed by atoms with E-state index in [1.54, 1.807) is 0 Å². The fourth-order valence-electron chi connectivity index (χ4n) is 5.25. The lowest BCUT2D eigenvalue weighted by Gasteiger charge is -2.27. The van der Waals surface area contributed by atoms with Crippen molar-refractivity contribution < 1.29 is 27.2 Å². The van der Waals surface area contributed by atoms with Gasteiger partial charge in [0.2, 0.25) is 0 Å². The van der Waals surface area contributed by atoms with Crippen LogP contribution in [0.5, 0.6) is 0 Å². The normalized spacial score (nSPS) is 14.1. The molecule has 1 aromatic carbocycles. The molecule has 0 spiro atoms. The zero-order valence-electron chi connectivity index (χ0n) is 22.7. The zero-order valence-corrected chi connectivity index (χ0v) is 23.4. The lowest BCUT2D eigenvalue weighted by atomic mass is 9.88. The second-order valence-corrected chi connectivity index (χ2v) is 10.5. The van der Waals surface area contributed by atoms with E-state index in [9.17, 15) is 22.8 Å². The molecule has 0 atom stereocenters. The van der Waals surface area contributed by atoms with Gasteiger partial charge in [0.05, 0.1) is 18.1 Å². The summed E-state index contributed by atoms with van der Waals surface area (Å²) < 4.78 is 48.1. The maximum atomic E-state index is 14.0. The van der Waals surface area contributed by atoms with Gasteiger partial charge in [0.25, 0.3) is 5.91 Å². The van der Waals surface area contributed by atoms with Gasteiger partial charge >= 0.3 is 6.18 Å². The number of imidazole rings is 1. The molecule has 4 aromatic rings. The second kappa shape index (κ2) is 11.6. The van der Waals surface area contributed by atoms with Gasteiger partial charge < -0.3 is 9.32 Å². The molecule has 214 valence electrons. The molecule has 41 heavy (non-hydrogen) atoms. The molecule has 0 saturated carbocycles. The molecule has 0 N–H and O–H groups in total. The molecule has 4 heterocycles. The highest BCUT2D eigenvalue weighted by atomic mass is 35.5. The van der Waals surface area contributed by atoms with Gasteiger partial charge in [-0.2, -0.15) is 13.2 Å². The summed E-state index contributed by atoms with van der Waals surface area (Å²) in [7, 11) is 0. The van der Waals surface area contributed by atoms with Crippen LogP contribution >= 0.6 is 11.6 Å². The fraction of sp³-hybridized carbons (Fsp3) is 0.323. The van der Waals surface area contributed by atoms with Crippen molar-refractivity contribution in [3.05, 3.63) is 88.7 Å². The number of nitrogens with zero attached hydrogens (tertiary/aromatic N) is 3. The van der Waals surface area contributed by atoms with Gasteiger partial charge in [-0.1, -0.05) is 68.6 Å². The van der Waals surface area contributed by atoms with Crippen LogP contribution in [0.1, 0.15) is 71.5 Å². The van der Waals surface area contributed by atoms with Crippen LogP contribution in [0.2, 0.25) is 5.15 Å². The van der Waals surface area contributed by atoms with Crippen molar-refractivity contribution >= 4 is 34.5 Å². The smallest absolute Gasteiger partial charge is 0.420 e. The summed E-state index contributed by atoms with van der Waals surface area (Å²) in [5.41, 5.74) is 1.42. The van der Waals surface area contributed by atoms with E-state index in [-0.39, 0.29) is 28.7 Å². The molecule has 3 aromatic heterocycles. The van der Waals surface area contributed by atoms with E-state index in [0.717, 1.165) is 34.4 Å². The molecule has 0 bridgehead atoms. The molecular weight excluding hydrogens is 555 g/mol. The number of Topliss-reactive ketones (excluding diaryl/α,β-unsaturated/α-hetero) is 1. The molecule has 0 fully saturated rings. The van der Waals surface area contributed by atoms with E-state index in [2.05, 4.69) is 18.8 Å². The van der Waals surface area contributed by atoms with E-state index in [4.69, 9.17) is 16.0 Å². The molecule has 5 rings (SSSR count). The predicted octanol–water partition coefficient (Wildman–Crippen LogP) is 8.21. The van der Waals surface area contributed by atoms with Gasteiger partial charge in [0.15, 0.2) is 17.1 Å². The summed E-state index contributed by atoms with van der Waals surface area (Å²) in [5, 5.41) is -0.201. The van der Waals surface area contributed by atoms with Crippen LogP contribution in [0.15, 0.2) is 65.6 Å². The summed E-state index contributed by atoms with van der Waals surface area (Å²) >= 11 is 6.48. The number of pyridine rings is 1. The number of furan rings is 1. The number of fused-ring (bicyclic) bond motifs is 1. The number of rotatable bonds is 8. The number of ketones is 1. The molecular formula is C31H29ClF3N3O3. The van der Waals surface area contributed by atoms with Crippen LogP contribution in [0.3, 0.4) is 0 Å². The molecule has 0 saturated heterocycles. The lowest BCUT2D eigenvalue weighted by Crippen LogP contribution is -2.35. The van der Waals surface area contributed by atoms with Crippen molar-refractivity contribution in [2.45, 2.75) is 45.7 Å². The van der Waals surface area contributed by atoms with Gasteiger partial charge in [-0.15, -0.1) is 0 Å². The minimum absolute atomic E-state index is 0.0976. The van der Waals surface area contributed by atoms with Crippen molar-refractivity contribution in [2.75, 3.05) is 13.1 Å². The van der Waals surface area contributed by atoms with E-state index in [1.807, 2.05) is 30.3 Å². The Morgan fingerprint density at radius 3 is 2.51 bits per heavy atom. The first-order chi connectivity index (χ1) is 19.6. The van der Waals surface area contributed by atoms with Crippen molar-refractivity contribution in [3.8, 4) is 11.1 Å². The fourth-order valence-corrected chi connectivity index (χ4v) is 5.50. The van der Waals surface area contributed by atoms with Crippen LogP contribution in [0.25, 0.3) is 22.3 Å². The van der Waals surface area contributed by atoms with Crippen molar-refractivity contribution in [1.29, 1.82) is 0 Å². The number of benzene rings is 1. The van der Waals surface area contributed by atoms with Crippen LogP contribution in [-0.4, -0.2) is 39.1 Å². The number of carbonyl (C=O) groups excluding carboxylic acids is 2. The van der Waals surface area contributed by atoms with E-state index < -0.39 is 23.3 Å². The predicted molar refractivity (Wildman–Crippen MR) is 151 cm³/mol. The molecule has 10 heteroatoms. The van der Waals surface area contributed by atoms with E-state index >= 15 is 0 Å². The van der Waals surface area contributed by atoms with Gasteiger partial charge in [0.1, 0.15) is 5.15 Å². The number of hydrogen-bond acceptors (Lipinski definition) is 4. The van der Waals surface area contributed by atoms with Crippen LogP contribution < -0.4 is 0 Å². The summed E-state index contributed by atoms with van der Waals surface area (Å²) in [6, 6.07) is 9.99. The molecule has 0 aliphatic carbocycles. The highest BCUT2D eigenvalue weighted by molar-refractivity contribution is 6.33. The Morgan fingerprint density at radius 1 is 1.12 bits per heavy atom. The molecule has 1 amide bonds. The Labute approximate surface area is 240 Å². The molecule has 6 nitrogen and oxygen atoms in total. The Morgan fingerprint density at radius 2 is 1.88 bits per heavy atom. The topological polar surface area (TPSA) is 67.8 Å². The zero-order chi connectivity index (χ0) is 29.3. The van der Waals surface area contributed by atoms with Crippen LogP contribution in [0.4, 0.5) is 13.2 Å². The molecule has 0 unspecified atom stereocenters. The number of alkyl halides is 3. The molecule has 0 radical (unpaired) electrons. The maximum absolute atomic E-state index is 14.0. The summed E-state index contributed by atoms with van der Waals surface area (Å²) in [6.07, 6.45) is 4.08. The summed E-state index contributed by atoms with van der Waals surface area (Å²) in [6.45, 7) is 4.68. The van der Waals surface area contributed by atoms with Gasteiger partial charge in [-0.3, -0.25) is 14.0 Å². The third-order valence-electron chi connectivity index (χ3n) is 7.72. The SMILES string of the molecule is CCC(CC)CC(=O)c1ccccc1C1=CCN(C(=O)c2nc3c(C(F)(F)F)cc(-c4ccoc4)cn3c2Cl)CC1. The average molecular weight is 584 g/mol. The van der Waals surface area contributed by atoms with Gasteiger partial charge in [-0.25, -0.2) is 4.98 Å². The number of hydrogen-bond donors (Lipinski definition) is 0. The van der Waals surface area contributed by atoms with Crippen molar-refractivity contribution in [2.24, 2.45) is 5.92 Å². The van der Waals surface area contributed by atoms with E-state index in [1.165, 1.54) is 29.7 Å². The van der Waals surface area contributed by atoms with Gasteiger partial charge in [-0.05, 0) is 35.6 Å². The Kier molecular flexibility index (Phi) is 8.09. The summed E-state index contributed by atoms with van der Waals surface area (Å²) in [4.78, 5) is 32.1. The van der Waals surface area contributed by atoms with Gasteiger partial charge in [0, 0.05) is 42.4 Å². The minimum atomic E-state index is -4.72. The average Bonchev–Trinajstić information content (AvgIpc) is 3.63. The minimum Gasteiger partial charge on any atom is -0.472 e. The first-order valence-corrected chi connectivity index (χ1v) is 13.9. The van der Waals surface area contributed by atoms with Crippen molar-refractivity contribution in [1.82, 2.24) is 14.3 Å². The largest absolute Gasteiger partial charge is 0.472 e. The standard InChI is InChI=1S/C31H29ClF3N3O3/c1-3-19(4-2)15-26(39)24-8-6-5-7-23(24)20-9-12-37(13-10-20)30(40)27-28(32)38-17-22(21-11-14-41-18-21)16-25(29(38)36-27)31(33,34)35/h5-9,11,14,16-19H,3-4,10,12-13,15H2,1-2H3. The Hall–Kier alpha value is -3.85. The first-order valence-electron chi connectivity index (χ1n) is 13.5. The Bertz CT molecular complexity index is 1620. The van der Waals surface area contributed by atoms with E-state index in [0.29, 0.717) is 36.4 Å². The van der Waals surface area contributed by atoms with Crippen LogP contribution in [-0.2, 0) is 6.18 Å². The maximum Gasteiger partial charge on any atom is 0.420 e. The number of halogens is 4. The Balaban J connectivity index is 1.43. The lowest BCUT2D eigenvalue weighted by molar-refractivity contribution is -0.136. The summed E-state index contributed by atoms with van der Waals surface area (Å²) in [5.74, 6) is -0.140. The molecule has 1 aliphatic rings. The quantitative estimate of drug-likeness (QED) is 0.196. The molecule has 1 aliphatic heterocycles. The third kappa shape index (κ3) is 5.68. The second-order valence-electron chi connectivity index (χ2n) is 10.2. The highest BCUT2D eigenvalue weighted by Gasteiger charge is 2.37. The first kappa shape index (κ1) is 28.7. The third-order valence-corrected chi connectivity index (χ3v) is 8.08. The number of aromatic nitrogens is 2. The monoisotopic (exact) mass is 583 g/mol. The number of carbonyl (C=O) groups is 2. The van der Waals surface area contributed by atoms with Crippen molar-refractivity contribution in [3.63, 3.8) is 0 Å². The highest BCUT2D eigenvalue weighted by Crippen LogP contribution is 2.37. The van der Waals surface area contributed by atoms with Crippen LogP contribution in [0, 0.1) is 5.92 Å². The number of amides is 1.